The summed E-state index contributed by atoms with van der Waals surface area (Å²) in [5, 5.41) is 10.1. The highest BCUT2D eigenvalue weighted by Gasteiger charge is 2.35. The van der Waals surface area contributed by atoms with Gasteiger partial charge in [-0.05, 0) is 37.8 Å². The van der Waals surface area contributed by atoms with Gasteiger partial charge in [0.2, 0.25) is 5.91 Å². The van der Waals surface area contributed by atoms with Crippen LogP contribution >= 0.6 is 0 Å². The SMILES string of the molecule is CN(C(=O)C1CCC(O)(CN)CC1)c1cccnc1. The van der Waals surface area contributed by atoms with Gasteiger partial charge in [0, 0.05) is 25.7 Å². The number of carbonyl (C=O) groups excluding carboxylic acids is 1. The smallest absolute Gasteiger partial charge is 0.229 e. The molecule has 0 aromatic carbocycles. The van der Waals surface area contributed by atoms with Crippen LogP contribution in [0.3, 0.4) is 0 Å². The lowest BCUT2D eigenvalue weighted by Crippen LogP contribution is -2.44. The van der Waals surface area contributed by atoms with E-state index in [1.165, 1.54) is 0 Å². The number of hydrogen-bond donors (Lipinski definition) is 2. The van der Waals surface area contributed by atoms with Gasteiger partial charge in [-0.1, -0.05) is 0 Å². The van der Waals surface area contributed by atoms with Crippen molar-refractivity contribution < 1.29 is 9.90 Å². The number of aromatic nitrogens is 1. The monoisotopic (exact) mass is 263 g/mol. The van der Waals surface area contributed by atoms with Crippen LogP contribution in [-0.4, -0.2) is 35.2 Å². The molecule has 1 amide bonds. The van der Waals surface area contributed by atoms with Crippen LogP contribution in [-0.2, 0) is 4.79 Å². The Morgan fingerprint density at radius 2 is 2.26 bits per heavy atom. The lowest BCUT2D eigenvalue weighted by Gasteiger charge is -2.35. The number of amides is 1. The highest BCUT2D eigenvalue weighted by Crippen LogP contribution is 2.32. The molecule has 1 fully saturated rings. The molecule has 2 rings (SSSR count). The number of rotatable bonds is 3. The van der Waals surface area contributed by atoms with Crippen LogP contribution in [0.1, 0.15) is 25.7 Å². The van der Waals surface area contributed by atoms with E-state index in [1.54, 1.807) is 24.3 Å². The Labute approximate surface area is 113 Å². The lowest BCUT2D eigenvalue weighted by atomic mass is 9.78. The highest BCUT2D eigenvalue weighted by atomic mass is 16.3. The van der Waals surface area contributed by atoms with Crippen LogP contribution in [0.25, 0.3) is 0 Å². The first-order valence-electron chi connectivity index (χ1n) is 6.66. The van der Waals surface area contributed by atoms with Crippen molar-refractivity contribution in [3.8, 4) is 0 Å². The zero-order valence-electron chi connectivity index (χ0n) is 11.2. The predicted octanol–water partition coefficient (Wildman–Crippen LogP) is 0.924. The lowest BCUT2D eigenvalue weighted by molar-refractivity contribution is -0.124. The van der Waals surface area contributed by atoms with Crippen molar-refractivity contribution in [1.29, 1.82) is 0 Å². The van der Waals surface area contributed by atoms with E-state index in [0.29, 0.717) is 25.7 Å². The van der Waals surface area contributed by atoms with Crippen molar-refractivity contribution in [3.63, 3.8) is 0 Å². The fourth-order valence-electron chi connectivity index (χ4n) is 2.56. The van der Waals surface area contributed by atoms with Crippen LogP contribution < -0.4 is 10.6 Å². The Kier molecular flexibility index (Phi) is 4.17. The van der Waals surface area contributed by atoms with Gasteiger partial charge in [0.05, 0.1) is 17.5 Å². The largest absolute Gasteiger partial charge is 0.389 e. The first-order chi connectivity index (χ1) is 9.06. The zero-order valence-corrected chi connectivity index (χ0v) is 11.2. The summed E-state index contributed by atoms with van der Waals surface area (Å²) in [6.45, 7) is 0.270. The van der Waals surface area contributed by atoms with Crippen molar-refractivity contribution in [2.75, 3.05) is 18.5 Å². The molecule has 0 aliphatic heterocycles. The van der Waals surface area contributed by atoms with Gasteiger partial charge in [0.25, 0.3) is 0 Å². The van der Waals surface area contributed by atoms with Crippen LogP contribution in [0.4, 0.5) is 5.69 Å². The minimum absolute atomic E-state index is 0.0305. The van der Waals surface area contributed by atoms with Crippen LogP contribution in [0.15, 0.2) is 24.5 Å². The van der Waals surface area contributed by atoms with E-state index in [2.05, 4.69) is 4.98 Å². The molecular weight excluding hydrogens is 242 g/mol. The number of nitrogens with zero attached hydrogens (tertiary/aromatic N) is 2. The molecular formula is C14H21N3O2. The Morgan fingerprint density at radius 3 is 2.79 bits per heavy atom. The quantitative estimate of drug-likeness (QED) is 0.850. The Hall–Kier alpha value is -1.46. The van der Waals surface area contributed by atoms with Crippen molar-refractivity contribution in [1.82, 2.24) is 4.98 Å². The standard InChI is InChI=1S/C14H21N3O2/c1-17(12-3-2-8-16-9-12)13(18)11-4-6-14(19,10-15)7-5-11/h2-3,8-9,11,19H,4-7,10,15H2,1H3. The minimum Gasteiger partial charge on any atom is -0.389 e. The summed E-state index contributed by atoms with van der Waals surface area (Å²) in [4.78, 5) is 18.0. The number of nitrogens with two attached hydrogens (primary N) is 1. The summed E-state index contributed by atoms with van der Waals surface area (Å²) < 4.78 is 0. The van der Waals surface area contributed by atoms with Crippen molar-refractivity contribution >= 4 is 11.6 Å². The molecule has 5 nitrogen and oxygen atoms in total. The maximum Gasteiger partial charge on any atom is 0.229 e. The van der Waals surface area contributed by atoms with E-state index in [4.69, 9.17) is 5.73 Å². The number of carbonyl (C=O) groups is 1. The third-order valence-electron chi connectivity index (χ3n) is 4.01. The molecule has 0 atom stereocenters. The molecule has 1 aliphatic rings. The van der Waals surface area contributed by atoms with Crippen LogP contribution in [0.5, 0.6) is 0 Å². The van der Waals surface area contributed by atoms with E-state index >= 15 is 0 Å². The molecule has 0 unspecified atom stereocenters. The summed E-state index contributed by atoms with van der Waals surface area (Å²) in [5.41, 5.74) is 5.58. The Balaban J connectivity index is 1.98. The molecule has 0 spiro atoms. The van der Waals surface area contributed by atoms with Crippen molar-refractivity contribution in [2.24, 2.45) is 11.7 Å². The van der Waals surface area contributed by atoms with Gasteiger partial charge in [-0.2, -0.15) is 0 Å². The molecule has 19 heavy (non-hydrogen) atoms. The average Bonchev–Trinajstić information content (AvgIpc) is 2.47. The van der Waals surface area contributed by atoms with Gasteiger partial charge < -0.3 is 15.7 Å². The van der Waals surface area contributed by atoms with Crippen LogP contribution in [0, 0.1) is 5.92 Å². The molecule has 1 aromatic heterocycles. The minimum atomic E-state index is -0.774. The maximum absolute atomic E-state index is 12.4. The van der Waals surface area contributed by atoms with E-state index < -0.39 is 5.60 Å². The molecule has 1 saturated carbocycles. The van der Waals surface area contributed by atoms with Gasteiger partial charge >= 0.3 is 0 Å². The molecule has 3 N–H and O–H groups in total. The summed E-state index contributed by atoms with van der Waals surface area (Å²) in [6, 6.07) is 3.68. The van der Waals surface area contributed by atoms with E-state index in [-0.39, 0.29) is 18.4 Å². The molecule has 1 aliphatic carbocycles. The Bertz CT molecular complexity index is 428. The molecule has 0 saturated heterocycles. The fourth-order valence-corrected chi connectivity index (χ4v) is 2.56. The first kappa shape index (κ1) is 14.0. The predicted molar refractivity (Wildman–Crippen MR) is 73.6 cm³/mol. The van der Waals surface area contributed by atoms with Crippen molar-refractivity contribution in [2.45, 2.75) is 31.3 Å². The summed E-state index contributed by atoms with van der Waals surface area (Å²) in [5.74, 6) is 0.0594. The number of pyridine rings is 1. The normalized spacial score (nSPS) is 27.0. The number of aliphatic hydroxyl groups is 1. The average molecular weight is 263 g/mol. The van der Waals surface area contributed by atoms with Crippen molar-refractivity contribution in [3.05, 3.63) is 24.5 Å². The van der Waals surface area contributed by atoms with Gasteiger partial charge in [0.15, 0.2) is 0 Å². The fraction of sp³-hybridized carbons (Fsp3) is 0.571. The third-order valence-corrected chi connectivity index (χ3v) is 4.01. The molecule has 1 heterocycles. The second-order valence-corrected chi connectivity index (χ2v) is 5.31. The summed E-state index contributed by atoms with van der Waals surface area (Å²) in [7, 11) is 1.77. The summed E-state index contributed by atoms with van der Waals surface area (Å²) in [6.07, 6.45) is 5.94. The van der Waals surface area contributed by atoms with Gasteiger partial charge in [-0.25, -0.2) is 0 Å². The number of hydrogen-bond acceptors (Lipinski definition) is 4. The second kappa shape index (κ2) is 5.67. The molecule has 0 radical (unpaired) electrons. The number of anilines is 1. The maximum atomic E-state index is 12.4. The molecule has 5 heteroatoms. The van der Waals surface area contributed by atoms with Gasteiger partial charge in [-0.15, -0.1) is 0 Å². The molecule has 1 aromatic rings. The van der Waals surface area contributed by atoms with Gasteiger partial charge in [0.1, 0.15) is 0 Å². The van der Waals surface area contributed by atoms with E-state index in [9.17, 15) is 9.90 Å². The summed E-state index contributed by atoms with van der Waals surface area (Å²) >= 11 is 0. The highest BCUT2D eigenvalue weighted by molar-refractivity contribution is 5.94. The third kappa shape index (κ3) is 3.11. The van der Waals surface area contributed by atoms with E-state index in [0.717, 1.165) is 5.69 Å². The second-order valence-electron chi connectivity index (χ2n) is 5.31. The Morgan fingerprint density at radius 1 is 1.58 bits per heavy atom. The topological polar surface area (TPSA) is 79.5 Å². The van der Waals surface area contributed by atoms with E-state index in [1.807, 2.05) is 12.1 Å². The van der Waals surface area contributed by atoms with Gasteiger partial charge in [-0.3, -0.25) is 9.78 Å². The molecule has 104 valence electrons. The molecule has 0 bridgehead atoms. The zero-order chi connectivity index (χ0) is 13.9. The van der Waals surface area contributed by atoms with Crippen LogP contribution in [0.2, 0.25) is 0 Å². The first-order valence-corrected chi connectivity index (χ1v) is 6.66.